The van der Waals surface area contributed by atoms with E-state index in [1.165, 1.54) is 11.8 Å². The molecule has 8 heteroatoms. The minimum absolute atomic E-state index is 0.123. The Balaban J connectivity index is 2.71. The number of nitrogens with two attached hydrogens (primary N) is 2. The summed E-state index contributed by atoms with van der Waals surface area (Å²) in [7, 11) is 0. The number of H-pyrrole nitrogens is 1. The van der Waals surface area contributed by atoms with E-state index in [9.17, 15) is 4.79 Å². The first-order chi connectivity index (χ1) is 7.04. The number of nitrogens with zero attached hydrogens (tertiary/aromatic N) is 2. The second-order valence-corrected chi connectivity index (χ2v) is 4.40. The Hall–Kier alpha value is -1.28. The summed E-state index contributed by atoms with van der Waals surface area (Å²) in [5.74, 6) is 5.19. The first-order valence-corrected chi connectivity index (χ1v) is 5.27. The van der Waals surface area contributed by atoms with Crippen molar-refractivity contribution in [2.45, 2.75) is 24.3 Å². The second kappa shape index (κ2) is 4.99. The standard InChI is InChI=1S/C7H14N6OS/c1-3(2)4(5(14)11-9)15-7-10-6(8)12-13-7/h3-4H,9H2,1-2H3,(H,11,14)(H3,8,10,12,13). The summed E-state index contributed by atoms with van der Waals surface area (Å²) in [5, 5.41) is 6.45. The van der Waals surface area contributed by atoms with Crippen molar-refractivity contribution >= 4 is 23.6 Å². The molecule has 1 heterocycles. The predicted molar refractivity (Wildman–Crippen MR) is 57.6 cm³/mol. The maximum absolute atomic E-state index is 11.4. The van der Waals surface area contributed by atoms with Gasteiger partial charge in [-0.2, -0.15) is 4.98 Å². The molecule has 1 rings (SSSR count). The van der Waals surface area contributed by atoms with E-state index in [0.29, 0.717) is 5.16 Å². The zero-order valence-electron chi connectivity index (χ0n) is 8.52. The molecule has 1 aromatic rings. The average Bonchev–Trinajstić information content (AvgIpc) is 2.59. The molecule has 1 unspecified atom stereocenters. The Bertz CT molecular complexity index is 338. The van der Waals surface area contributed by atoms with Crippen molar-refractivity contribution < 1.29 is 4.79 Å². The molecule has 0 aliphatic carbocycles. The fourth-order valence-corrected chi connectivity index (χ4v) is 1.92. The Morgan fingerprint density at radius 2 is 2.27 bits per heavy atom. The van der Waals surface area contributed by atoms with Gasteiger partial charge in [0.25, 0.3) is 0 Å². The van der Waals surface area contributed by atoms with Gasteiger partial charge in [0.05, 0.1) is 5.25 Å². The lowest BCUT2D eigenvalue weighted by Gasteiger charge is -2.16. The van der Waals surface area contributed by atoms with E-state index in [1.54, 1.807) is 0 Å². The van der Waals surface area contributed by atoms with Gasteiger partial charge in [-0.1, -0.05) is 25.6 Å². The topological polar surface area (TPSA) is 123 Å². The number of thioether (sulfide) groups is 1. The molecule has 84 valence electrons. The number of anilines is 1. The number of nitrogens with one attached hydrogen (secondary N) is 2. The molecule has 1 atom stereocenters. The van der Waals surface area contributed by atoms with Crippen LogP contribution in [0.15, 0.2) is 5.16 Å². The third-order valence-electron chi connectivity index (χ3n) is 1.72. The molecule has 0 aliphatic rings. The van der Waals surface area contributed by atoms with Crippen LogP contribution in [-0.2, 0) is 4.79 Å². The van der Waals surface area contributed by atoms with Crippen LogP contribution in [0.25, 0.3) is 0 Å². The van der Waals surface area contributed by atoms with Crippen molar-refractivity contribution in [1.82, 2.24) is 20.6 Å². The number of aromatic amines is 1. The molecule has 0 fully saturated rings. The molecule has 15 heavy (non-hydrogen) atoms. The van der Waals surface area contributed by atoms with Gasteiger partial charge in [-0.15, -0.1) is 5.10 Å². The van der Waals surface area contributed by atoms with E-state index >= 15 is 0 Å². The second-order valence-electron chi connectivity index (χ2n) is 3.29. The molecular formula is C7H14N6OS. The smallest absolute Gasteiger partial charge is 0.247 e. The minimum atomic E-state index is -0.329. The van der Waals surface area contributed by atoms with E-state index < -0.39 is 0 Å². The van der Waals surface area contributed by atoms with Crippen LogP contribution in [0.4, 0.5) is 5.95 Å². The molecule has 0 aliphatic heterocycles. The van der Waals surface area contributed by atoms with Crippen LogP contribution < -0.4 is 17.0 Å². The summed E-state index contributed by atoms with van der Waals surface area (Å²) < 4.78 is 0. The predicted octanol–water partition coefficient (Wildman–Crippen LogP) is -0.506. The lowest BCUT2D eigenvalue weighted by atomic mass is 10.1. The maximum Gasteiger partial charge on any atom is 0.247 e. The van der Waals surface area contributed by atoms with Crippen LogP contribution in [0.5, 0.6) is 0 Å². The highest BCUT2D eigenvalue weighted by atomic mass is 32.2. The van der Waals surface area contributed by atoms with Crippen LogP contribution in [0.2, 0.25) is 0 Å². The molecule has 0 saturated heterocycles. The number of amides is 1. The summed E-state index contributed by atoms with van der Waals surface area (Å²) in [6.07, 6.45) is 0. The van der Waals surface area contributed by atoms with Gasteiger partial charge in [-0.25, -0.2) is 10.9 Å². The number of rotatable bonds is 4. The van der Waals surface area contributed by atoms with E-state index in [0.717, 1.165) is 0 Å². The monoisotopic (exact) mass is 230 g/mol. The highest BCUT2D eigenvalue weighted by Gasteiger charge is 2.24. The largest absolute Gasteiger partial charge is 0.368 e. The van der Waals surface area contributed by atoms with E-state index in [2.05, 4.69) is 20.6 Å². The van der Waals surface area contributed by atoms with Crippen molar-refractivity contribution in [2.24, 2.45) is 11.8 Å². The number of hydrogen-bond donors (Lipinski definition) is 4. The van der Waals surface area contributed by atoms with Gasteiger partial charge in [-0.05, 0) is 5.92 Å². The van der Waals surface area contributed by atoms with Crippen molar-refractivity contribution in [2.75, 3.05) is 5.73 Å². The quantitative estimate of drug-likeness (QED) is 0.239. The van der Waals surface area contributed by atoms with Crippen LogP contribution >= 0.6 is 11.8 Å². The third-order valence-corrected chi connectivity index (χ3v) is 3.13. The van der Waals surface area contributed by atoms with Gasteiger partial charge >= 0.3 is 0 Å². The summed E-state index contributed by atoms with van der Waals surface area (Å²) in [6.45, 7) is 3.84. The normalized spacial score (nSPS) is 12.8. The highest BCUT2D eigenvalue weighted by molar-refractivity contribution is 8.00. The third kappa shape index (κ3) is 3.10. The summed E-state index contributed by atoms with van der Waals surface area (Å²) in [4.78, 5) is 15.3. The van der Waals surface area contributed by atoms with Crippen molar-refractivity contribution in [3.8, 4) is 0 Å². The molecule has 1 amide bonds. The number of nitrogen functional groups attached to an aromatic ring is 1. The number of carbonyl (C=O) groups is 1. The Kier molecular flexibility index (Phi) is 3.92. The van der Waals surface area contributed by atoms with Gasteiger partial charge < -0.3 is 5.73 Å². The number of hydrazine groups is 1. The summed E-state index contributed by atoms with van der Waals surface area (Å²) >= 11 is 1.22. The zero-order chi connectivity index (χ0) is 11.4. The van der Waals surface area contributed by atoms with Gasteiger partial charge in [-0.3, -0.25) is 10.2 Å². The molecular weight excluding hydrogens is 216 g/mol. The van der Waals surface area contributed by atoms with Crippen molar-refractivity contribution in [3.05, 3.63) is 0 Å². The molecule has 6 N–H and O–H groups in total. The van der Waals surface area contributed by atoms with Crippen LogP contribution in [-0.4, -0.2) is 26.3 Å². The fraction of sp³-hybridized carbons (Fsp3) is 0.571. The minimum Gasteiger partial charge on any atom is -0.368 e. The molecule has 0 radical (unpaired) electrons. The van der Waals surface area contributed by atoms with Crippen molar-refractivity contribution in [1.29, 1.82) is 0 Å². The first-order valence-electron chi connectivity index (χ1n) is 4.39. The lowest BCUT2D eigenvalue weighted by Crippen LogP contribution is -2.40. The molecule has 7 nitrogen and oxygen atoms in total. The molecule has 1 aromatic heterocycles. The van der Waals surface area contributed by atoms with Gasteiger partial charge in [0.1, 0.15) is 0 Å². The highest BCUT2D eigenvalue weighted by Crippen LogP contribution is 2.25. The molecule has 0 bridgehead atoms. The van der Waals surface area contributed by atoms with Crippen molar-refractivity contribution in [3.63, 3.8) is 0 Å². The van der Waals surface area contributed by atoms with E-state index in [1.807, 2.05) is 13.8 Å². The Morgan fingerprint density at radius 3 is 2.67 bits per heavy atom. The van der Waals surface area contributed by atoms with Crippen LogP contribution in [0, 0.1) is 5.92 Å². The molecule has 0 saturated carbocycles. The summed E-state index contributed by atoms with van der Waals surface area (Å²) in [6, 6.07) is 0. The van der Waals surface area contributed by atoms with Crippen LogP contribution in [0.1, 0.15) is 13.8 Å². The number of hydrogen-bond acceptors (Lipinski definition) is 6. The zero-order valence-corrected chi connectivity index (χ0v) is 9.34. The maximum atomic E-state index is 11.4. The first kappa shape index (κ1) is 11.8. The van der Waals surface area contributed by atoms with Gasteiger partial charge in [0.15, 0.2) is 0 Å². The van der Waals surface area contributed by atoms with E-state index in [-0.39, 0.29) is 23.0 Å². The SMILES string of the molecule is CC(C)C(Sc1n[nH]c(N)n1)C(=O)NN. The average molecular weight is 230 g/mol. The summed E-state index contributed by atoms with van der Waals surface area (Å²) in [5.41, 5.74) is 7.49. The van der Waals surface area contributed by atoms with Gasteiger partial charge in [0.2, 0.25) is 17.0 Å². The fourth-order valence-electron chi connectivity index (χ4n) is 0.999. The molecule has 0 aromatic carbocycles. The van der Waals surface area contributed by atoms with E-state index in [4.69, 9.17) is 11.6 Å². The number of carbonyl (C=O) groups excluding carboxylic acids is 1. The van der Waals surface area contributed by atoms with Gasteiger partial charge in [0, 0.05) is 0 Å². The number of aromatic nitrogens is 3. The Morgan fingerprint density at radius 1 is 1.60 bits per heavy atom. The Labute approximate surface area is 91.4 Å². The van der Waals surface area contributed by atoms with Crippen LogP contribution in [0.3, 0.4) is 0 Å². The molecule has 0 spiro atoms. The lowest BCUT2D eigenvalue weighted by molar-refractivity contribution is -0.121.